The van der Waals surface area contributed by atoms with E-state index in [9.17, 15) is 0 Å². The van der Waals surface area contributed by atoms with Gasteiger partial charge in [0.25, 0.3) is 0 Å². The van der Waals surface area contributed by atoms with Gasteiger partial charge in [0.2, 0.25) is 0 Å². The normalized spacial score (nSPS) is 45.8. The third-order valence-corrected chi connectivity index (χ3v) is 4.66. The minimum atomic E-state index is 0.653. The first-order chi connectivity index (χ1) is 5.59. The highest BCUT2D eigenvalue weighted by atomic mass is 15.5. The van der Waals surface area contributed by atoms with Crippen molar-refractivity contribution in [3.8, 4) is 0 Å². The van der Waals surface area contributed by atoms with Gasteiger partial charge in [-0.2, -0.15) is 0 Å². The fourth-order valence-corrected chi connectivity index (χ4v) is 3.32. The van der Waals surface area contributed by atoms with Crippen LogP contribution in [0.3, 0.4) is 0 Å². The van der Waals surface area contributed by atoms with E-state index in [-0.39, 0.29) is 0 Å². The van der Waals surface area contributed by atoms with Crippen LogP contribution in [0.1, 0.15) is 45.4 Å². The second kappa shape index (κ2) is 2.47. The Bertz CT molecular complexity index is 185. The molecule has 0 amide bonds. The van der Waals surface area contributed by atoms with Crippen molar-refractivity contribution in [3.05, 3.63) is 0 Å². The van der Waals surface area contributed by atoms with E-state index >= 15 is 0 Å². The summed E-state index contributed by atoms with van der Waals surface area (Å²) < 4.78 is 1.30. The van der Waals surface area contributed by atoms with Gasteiger partial charge in [0, 0.05) is 12.8 Å². The minimum Gasteiger partial charge on any atom is -0.311 e. The summed E-state index contributed by atoms with van der Waals surface area (Å²) in [6, 6.07) is 0.984. The lowest BCUT2D eigenvalue weighted by Gasteiger charge is -2.13. The number of rotatable bonds is 0. The van der Waals surface area contributed by atoms with Crippen molar-refractivity contribution in [2.45, 2.75) is 57.0 Å². The third-order valence-electron chi connectivity index (χ3n) is 4.66. The van der Waals surface area contributed by atoms with Crippen LogP contribution in [0.15, 0.2) is 0 Å². The van der Waals surface area contributed by atoms with Crippen LogP contribution in [0, 0.1) is 0 Å². The van der Waals surface area contributed by atoms with Crippen molar-refractivity contribution in [3.63, 3.8) is 0 Å². The minimum absolute atomic E-state index is 0.653. The van der Waals surface area contributed by atoms with Crippen LogP contribution in [0.2, 0.25) is 0 Å². The molecule has 1 saturated heterocycles. The van der Waals surface area contributed by atoms with Gasteiger partial charge in [-0.15, -0.1) is 0 Å². The summed E-state index contributed by atoms with van der Waals surface area (Å²) in [7, 11) is 4.83. The average molecular weight is 168 g/mol. The fourth-order valence-electron chi connectivity index (χ4n) is 3.32. The standard InChI is InChI=1S/C11H22N/c1-11-9-7-5-4-6-8-10(11)12(11,2)3/h10H,4-9H2,1-3H3/q+1. The second-order valence-electron chi connectivity index (χ2n) is 5.37. The highest BCUT2D eigenvalue weighted by Crippen LogP contribution is 2.53. The molecule has 70 valence electrons. The molecule has 2 unspecified atom stereocenters. The van der Waals surface area contributed by atoms with Crippen LogP contribution in [0.5, 0.6) is 0 Å². The number of hydrogen-bond donors (Lipinski definition) is 0. The summed E-state index contributed by atoms with van der Waals surface area (Å²) in [6.45, 7) is 2.49. The molecule has 0 aromatic heterocycles. The van der Waals surface area contributed by atoms with Gasteiger partial charge in [-0.3, -0.25) is 0 Å². The lowest BCUT2D eigenvalue weighted by molar-refractivity contribution is -0.798. The summed E-state index contributed by atoms with van der Waals surface area (Å²) in [6.07, 6.45) is 8.83. The first-order valence-electron chi connectivity index (χ1n) is 5.43. The van der Waals surface area contributed by atoms with Crippen molar-refractivity contribution < 1.29 is 4.48 Å². The molecule has 1 heteroatoms. The smallest absolute Gasteiger partial charge is 0.149 e. The maximum absolute atomic E-state index is 2.49. The molecule has 2 aliphatic rings. The quantitative estimate of drug-likeness (QED) is 0.385. The Balaban J connectivity index is 2.09. The van der Waals surface area contributed by atoms with Crippen molar-refractivity contribution in [2.24, 2.45) is 0 Å². The van der Waals surface area contributed by atoms with Crippen LogP contribution >= 0.6 is 0 Å². The van der Waals surface area contributed by atoms with Gasteiger partial charge >= 0.3 is 0 Å². The summed E-state index contributed by atoms with van der Waals surface area (Å²) in [4.78, 5) is 0. The molecule has 2 atom stereocenters. The van der Waals surface area contributed by atoms with E-state index in [0.29, 0.717) is 5.54 Å². The molecule has 0 radical (unpaired) electrons. The number of nitrogens with zero attached hydrogens (tertiary/aromatic N) is 1. The van der Waals surface area contributed by atoms with E-state index in [1.54, 1.807) is 0 Å². The Morgan fingerprint density at radius 2 is 1.75 bits per heavy atom. The summed E-state index contributed by atoms with van der Waals surface area (Å²) >= 11 is 0. The van der Waals surface area contributed by atoms with Crippen LogP contribution in [-0.4, -0.2) is 30.2 Å². The molecule has 2 rings (SSSR count). The molecule has 0 spiro atoms. The zero-order valence-electron chi connectivity index (χ0n) is 8.77. The molecular formula is C11H22N+. The van der Waals surface area contributed by atoms with Crippen molar-refractivity contribution in [2.75, 3.05) is 14.1 Å². The lowest BCUT2D eigenvalue weighted by atomic mass is 9.92. The Labute approximate surface area is 76.3 Å². The van der Waals surface area contributed by atoms with Gasteiger partial charge < -0.3 is 4.48 Å². The summed E-state index contributed by atoms with van der Waals surface area (Å²) in [5.74, 6) is 0. The molecule has 1 aliphatic heterocycles. The first kappa shape index (κ1) is 8.55. The fraction of sp³-hybridized carbons (Fsp3) is 1.00. The van der Waals surface area contributed by atoms with Crippen LogP contribution in [0.4, 0.5) is 0 Å². The zero-order chi connectivity index (χ0) is 8.82. The zero-order valence-corrected chi connectivity index (χ0v) is 8.77. The molecule has 12 heavy (non-hydrogen) atoms. The Kier molecular flexibility index (Phi) is 1.76. The molecule has 1 aliphatic carbocycles. The molecule has 0 N–H and O–H groups in total. The molecule has 1 saturated carbocycles. The topological polar surface area (TPSA) is 0 Å². The second-order valence-corrected chi connectivity index (χ2v) is 5.37. The van der Waals surface area contributed by atoms with E-state index in [1.807, 2.05) is 0 Å². The van der Waals surface area contributed by atoms with Crippen molar-refractivity contribution in [1.29, 1.82) is 0 Å². The largest absolute Gasteiger partial charge is 0.311 e. The first-order valence-corrected chi connectivity index (χ1v) is 5.43. The van der Waals surface area contributed by atoms with Gasteiger partial charge in [0.1, 0.15) is 11.6 Å². The molecule has 1 heterocycles. The monoisotopic (exact) mass is 168 g/mol. The highest BCUT2D eigenvalue weighted by Gasteiger charge is 2.69. The number of fused-ring (bicyclic) bond motifs is 1. The maximum atomic E-state index is 2.49. The van der Waals surface area contributed by atoms with E-state index in [2.05, 4.69) is 21.0 Å². The highest BCUT2D eigenvalue weighted by molar-refractivity contribution is 4.99. The predicted octanol–water partition coefficient (Wildman–Crippen LogP) is 2.56. The van der Waals surface area contributed by atoms with Gasteiger partial charge in [0.15, 0.2) is 0 Å². The van der Waals surface area contributed by atoms with Gasteiger partial charge in [0.05, 0.1) is 14.1 Å². The Morgan fingerprint density at radius 1 is 1.08 bits per heavy atom. The van der Waals surface area contributed by atoms with E-state index in [4.69, 9.17) is 0 Å². The maximum Gasteiger partial charge on any atom is 0.149 e. The number of hydrogen-bond acceptors (Lipinski definition) is 0. The molecule has 0 bridgehead atoms. The summed E-state index contributed by atoms with van der Waals surface area (Å²) in [5, 5.41) is 0. The SMILES string of the molecule is CC12CCCCCCC1[N+]2(C)C. The Morgan fingerprint density at radius 3 is 2.50 bits per heavy atom. The van der Waals surface area contributed by atoms with E-state index in [1.165, 1.54) is 43.0 Å². The molecule has 1 nitrogen and oxygen atoms in total. The Hall–Kier alpha value is -0.0400. The van der Waals surface area contributed by atoms with Crippen molar-refractivity contribution in [1.82, 2.24) is 0 Å². The number of likely N-dealkylation sites (N-methyl/N-ethyl adjacent to an activating group) is 1. The third kappa shape index (κ3) is 0.953. The molecule has 2 fully saturated rings. The van der Waals surface area contributed by atoms with Crippen LogP contribution in [0.25, 0.3) is 0 Å². The van der Waals surface area contributed by atoms with E-state index in [0.717, 1.165) is 6.04 Å². The average Bonchev–Trinajstić information content (AvgIpc) is 2.32. The van der Waals surface area contributed by atoms with Crippen molar-refractivity contribution >= 4 is 0 Å². The number of quaternary nitrogens is 1. The van der Waals surface area contributed by atoms with Crippen LogP contribution in [-0.2, 0) is 0 Å². The van der Waals surface area contributed by atoms with Gasteiger partial charge in [-0.25, -0.2) is 0 Å². The van der Waals surface area contributed by atoms with Crippen LogP contribution < -0.4 is 0 Å². The molecule has 0 aromatic carbocycles. The lowest BCUT2D eigenvalue weighted by Crippen LogP contribution is -2.25. The summed E-state index contributed by atoms with van der Waals surface area (Å²) in [5.41, 5.74) is 0.653. The molecule has 0 aromatic rings. The predicted molar refractivity (Wildman–Crippen MR) is 52.0 cm³/mol. The van der Waals surface area contributed by atoms with Gasteiger partial charge in [-0.1, -0.05) is 12.8 Å². The molecular weight excluding hydrogens is 146 g/mol. The van der Waals surface area contributed by atoms with Gasteiger partial charge in [-0.05, 0) is 19.8 Å². The van der Waals surface area contributed by atoms with E-state index < -0.39 is 0 Å².